The van der Waals surface area contributed by atoms with Crippen molar-refractivity contribution in [2.45, 2.75) is 52.9 Å². The number of hydrogen-bond acceptors (Lipinski definition) is 2. The Bertz CT molecular complexity index is 336. The van der Waals surface area contributed by atoms with Crippen LogP contribution < -0.4 is 10.1 Å². The number of unbranched alkanes of at least 4 members (excludes halogenated alkanes) is 3. The van der Waals surface area contributed by atoms with Crippen molar-refractivity contribution in [1.82, 2.24) is 0 Å². The molecule has 0 heterocycles. The minimum Gasteiger partial charge on any atom is -0.494 e. The Hall–Kier alpha value is -1.18. The molecule has 0 saturated carbocycles. The molecule has 0 bridgehead atoms. The SMILES string of the molecule is CCCCCCNc1cccc(OCCC(C)C)c1. The fourth-order valence-electron chi connectivity index (χ4n) is 1.89. The fourth-order valence-corrected chi connectivity index (χ4v) is 1.89. The Kier molecular flexibility index (Phi) is 8.11. The normalized spacial score (nSPS) is 10.7. The average molecular weight is 263 g/mol. The highest BCUT2D eigenvalue weighted by molar-refractivity contribution is 5.48. The minimum atomic E-state index is 0.694. The van der Waals surface area contributed by atoms with E-state index in [1.807, 2.05) is 6.07 Å². The van der Waals surface area contributed by atoms with E-state index in [2.05, 4.69) is 44.3 Å². The van der Waals surface area contributed by atoms with Crippen LogP contribution in [0.15, 0.2) is 24.3 Å². The third kappa shape index (κ3) is 7.76. The number of ether oxygens (including phenoxy) is 1. The van der Waals surface area contributed by atoms with Crippen molar-refractivity contribution in [3.8, 4) is 5.75 Å². The Balaban J connectivity index is 2.27. The van der Waals surface area contributed by atoms with Gasteiger partial charge in [0.25, 0.3) is 0 Å². The molecular formula is C17H29NO. The van der Waals surface area contributed by atoms with Crippen LogP contribution >= 0.6 is 0 Å². The molecule has 19 heavy (non-hydrogen) atoms. The highest BCUT2D eigenvalue weighted by Crippen LogP contribution is 2.18. The van der Waals surface area contributed by atoms with Crippen molar-refractivity contribution >= 4 is 5.69 Å². The van der Waals surface area contributed by atoms with Crippen molar-refractivity contribution in [3.63, 3.8) is 0 Å². The summed E-state index contributed by atoms with van der Waals surface area (Å²) in [5.41, 5.74) is 1.17. The predicted octanol–water partition coefficient (Wildman–Crippen LogP) is 5.10. The number of anilines is 1. The first-order valence-corrected chi connectivity index (χ1v) is 7.69. The van der Waals surface area contributed by atoms with Gasteiger partial charge in [0.15, 0.2) is 0 Å². The van der Waals surface area contributed by atoms with Crippen LogP contribution in [0.3, 0.4) is 0 Å². The van der Waals surface area contributed by atoms with E-state index in [4.69, 9.17) is 4.74 Å². The van der Waals surface area contributed by atoms with Crippen LogP contribution in [0.5, 0.6) is 5.75 Å². The monoisotopic (exact) mass is 263 g/mol. The van der Waals surface area contributed by atoms with Crippen LogP contribution in [0.1, 0.15) is 52.9 Å². The lowest BCUT2D eigenvalue weighted by atomic mass is 10.1. The number of benzene rings is 1. The number of hydrogen-bond donors (Lipinski definition) is 1. The summed E-state index contributed by atoms with van der Waals surface area (Å²) in [6, 6.07) is 8.29. The fraction of sp³-hybridized carbons (Fsp3) is 0.647. The molecule has 0 aromatic heterocycles. The molecule has 0 amide bonds. The highest BCUT2D eigenvalue weighted by Gasteiger charge is 1.98. The van der Waals surface area contributed by atoms with E-state index in [1.54, 1.807) is 0 Å². The molecule has 108 valence electrons. The molecule has 1 N–H and O–H groups in total. The van der Waals surface area contributed by atoms with Crippen LogP contribution in [-0.4, -0.2) is 13.2 Å². The highest BCUT2D eigenvalue weighted by atomic mass is 16.5. The topological polar surface area (TPSA) is 21.3 Å². The number of nitrogens with one attached hydrogen (secondary N) is 1. The summed E-state index contributed by atoms with van der Waals surface area (Å²) >= 11 is 0. The zero-order chi connectivity index (χ0) is 13.9. The summed E-state index contributed by atoms with van der Waals surface area (Å²) in [5, 5.41) is 3.46. The van der Waals surface area contributed by atoms with Gasteiger partial charge < -0.3 is 10.1 Å². The van der Waals surface area contributed by atoms with Crippen LogP contribution in [0, 0.1) is 5.92 Å². The van der Waals surface area contributed by atoms with Gasteiger partial charge in [-0.2, -0.15) is 0 Å². The lowest BCUT2D eigenvalue weighted by molar-refractivity contribution is 0.289. The third-order valence-corrected chi connectivity index (χ3v) is 3.16. The van der Waals surface area contributed by atoms with Crippen LogP contribution in [0.2, 0.25) is 0 Å². The molecular weight excluding hydrogens is 234 g/mol. The predicted molar refractivity (Wildman–Crippen MR) is 84.0 cm³/mol. The van der Waals surface area contributed by atoms with Crippen molar-refractivity contribution < 1.29 is 4.74 Å². The van der Waals surface area contributed by atoms with E-state index in [1.165, 1.54) is 31.4 Å². The van der Waals surface area contributed by atoms with E-state index in [9.17, 15) is 0 Å². The largest absolute Gasteiger partial charge is 0.494 e. The first-order chi connectivity index (χ1) is 9.22. The molecule has 1 aromatic carbocycles. The standard InChI is InChI=1S/C17H29NO/c1-4-5-6-7-12-18-16-9-8-10-17(14-16)19-13-11-15(2)3/h8-10,14-15,18H,4-7,11-13H2,1-3H3. The molecule has 0 atom stereocenters. The zero-order valence-electron chi connectivity index (χ0n) is 12.7. The number of rotatable bonds is 10. The first kappa shape index (κ1) is 15.9. The second-order valence-electron chi connectivity index (χ2n) is 5.55. The van der Waals surface area contributed by atoms with Crippen molar-refractivity contribution in [3.05, 3.63) is 24.3 Å². The third-order valence-electron chi connectivity index (χ3n) is 3.16. The first-order valence-electron chi connectivity index (χ1n) is 7.69. The van der Waals surface area contributed by atoms with E-state index >= 15 is 0 Å². The van der Waals surface area contributed by atoms with E-state index in [-0.39, 0.29) is 0 Å². The van der Waals surface area contributed by atoms with Gasteiger partial charge in [-0.15, -0.1) is 0 Å². The summed E-state index contributed by atoms with van der Waals surface area (Å²) in [6.07, 6.45) is 6.29. The molecule has 1 aromatic rings. The molecule has 0 aliphatic carbocycles. The smallest absolute Gasteiger partial charge is 0.121 e. The molecule has 2 nitrogen and oxygen atoms in total. The Morgan fingerprint density at radius 1 is 1.16 bits per heavy atom. The lowest BCUT2D eigenvalue weighted by Gasteiger charge is -2.10. The Morgan fingerprint density at radius 2 is 2.00 bits per heavy atom. The second kappa shape index (κ2) is 9.71. The summed E-state index contributed by atoms with van der Waals surface area (Å²) in [7, 11) is 0. The van der Waals surface area contributed by atoms with Gasteiger partial charge in [0.2, 0.25) is 0 Å². The van der Waals surface area contributed by atoms with Crippen molar-refractivity contribution in [2.75, 3.05) is 18.5 Å². The molecule has 2 heteroatoms. The van der Waals surface area contributed by atoms with Gasteiger partial charge in [0.1, 0.15) is 5.75 Å². The molecule has 1 rings (SSSR count). The molecule has 0 radical (unpaired) electrons. The molecule has 0 unspecified atom stereocenters. The summed E-state index contributed by atoms with van der Waals surface area (Å²) < 4.78 is 5.76. The zero-order valence-corrected chi connectivity index (χ0v) is 12.7. The van der Waals surface area contributed by atoms with E-state index in [0.29, 0.717) is 5.92 Å². The van der Waals surface area contributed by atoms with Crippen molar-refractivity contribution in [2.24, 2.45) is 5.92 Å². The quantitative estimate of drug-likeness (QED) is 0.593. The lowest BCUT2D eigenvalue weighted by Crippen LogP contribution is -2.03. The molecule has 0 saturated heterocycles. The molecule has 0 aliphatic rings. The maximum atomic E-state index is 5.76. The van der Waals surface area contributed by atoms with Gasteiger partial charge in [-0.3, -0.25) is 0 Å². The van der Waals surface area contributed by atoms with Crippen LogP contribution in [-0.2, 0) is 0 Å². The minimum absolute atomic E-state index is 0.694. The van der Waals surface area contributed by atoms with Gasteiger partial charge in [-0.25, -0.2) is 0 Å². The Labute approximate surface area is 118 Å². The van der Waals surface area contributed by atoms with Crippen LogP contribution in [0.4, 0.5) is 5.69 Å². The average Bonchev–Trinajstić information content (AvgIpc) is 2.39. The van der Waals surface area contributed by atoms with E-state index < -0.39 is 0 Å². The molecule has 0 aliphatic heterocycles. The Morgan fingerprint density at radius 3 is 2.74 bits per heavy atom. The summed E-state index contributed by atoms with van der Waals surface area (Å²) in [4.78, 5) is 0. The van der Waals surface area contributed by atoms with Gasteiger partial charge in [-0.1, -0.05) is 46.1 Å². The maximum Gasteiger partial charge on any atom is 0.121 e. The van der Waals surface area contributed by atoms with Gasteiger partial charge in [-0.05, 0) is 30.9 Å². The van der Waals surface area contributed by atoms with Crippen molar-refractivity contribution in [1.29, 1.82) is 0 Å². The van der Waals surface area contributed by atoms with Gasteiger partial charge in [0.05, 0.1) is 6.61 Å². The summed E-state index contributed by atoms with van der Waals surface area (Å²) in [6.45, 7) is 8.54. The van der Waals surface area contributed by atoms with Gasteiger partial charge >= 0.3 is 0 Å². The maximum absolute atomic E-state index is 5.76. The van der Waals surface area contributed by atoms with Gasteiger partial charge in [0, 0.05) is 18.3 Å². The van der Waals surface area contributed by atoms with E-state index in [0.717, 1.165) is 25.3 Å². The van der Waals surface area contributed by atoms with Crippen LogP contribution in [0.25, 0.3) is 0 Å². The molecule has 0 fully saturated rings. The summed E-state index contributed by atoms with van der Waals surface area (Å²) in [5.74, 6) is 1.67. The second-order valence-corrected chi connectivity index (χ2v) is 5.55. The molecule has 0 spiro atoms.